The molecule has 0 atom stereocenters. The predicted molar refractivity (Wildman–Crippen MR) is 85.6 cm³/mol. The summed E-state index contributed by atoms with van der Waals surface area (Å²) in [6.07, 6.45) is 0.0724. The first-order valence-corrected chi connectivity index (χ1v) is 7.71. The summed E-state index contributed by atoms with van der Waals surface area (Å²) in [7, 11) is 3.23. The van der Waals surface area contributed by atoms with E-state index >= 15 is 0 Å². The van der Waals surface area contributed by atoms with Gasteiger partial charge in [0.05, 0.1) is 12.1 Å². The van der Waals surface area contributed by atoms with Crippen molar-refractivity contribution in [2.75, 3.05) is 20.7 Å². The van der Waals surface area contributed by atoms with Gasteiger partial charge in [0.15, 0.2) is 6.61 Å². The number of carbonyl (C=O) groups excluding carboxylic acids is 2. The Morgan fingerprint density at radius 1 is 1.32 bits per heavy atom. The molecule has 0 aliphatic rings. The molecule has 1 amide bonds. The molecule has 2 rings (SSSR count). The lowest BCUT2D eigenvalue weighted by Crippen LogP contribution is -2.27. The van der Waals surface area contributed by atoms with Crippen molar-refractivity contribution in [3.05, 3.63) is 40.9 Å². The number of rotatable bonds is 5. The minimum Gasteiger partial charge on any atom is -0.455 e. The summed E-state index contributed by atoms with van der Waals surface area (Å²) in [5, 5.41) is 2.71. The van der Waals surface area contributed by atoms with Crippen LogP contribution in [0.4, 0.5) is 0 Å². The Labute approximate surface area is 133 Å². The van der Waals surface area contributed by atoms with Crippen LogP contribution < -0.4 is 0 Å². The van der Waals surface area contributed by atoms with Gasteiger partial charge in [0, 0.05) is 25.0 Å². The molecule has 1 heterocycles. The first kappa shape index (κ1) is 16.2. The van der Waals surface area contributed by atoms with Gasteiger partial charge in [0.25, 0.3) is 5.91 Å². The summed E-state index contributed by atoms with van der Waals surface area (Å²) >= 11 is 1.49. The summed E-state index contributed by atoms with van der Waals surface area (Å²) in [5.41, 5.74) is 2.85. The quantitative estimate of drug-likeness (QED) is 0.794. The largest absolute Gasteiger partial charge is 0.455 e. The fourth-order valence-corrected chi connectivity index (χ4v) is 2.59. The minimum absolute atomic E-state index is 0.0724. The molecular weight excluding hydrogens is 300 g/mol. The van der Waals surface area contributed by atoms with Gasteiger partial charge in [0.1, 0.15) is 5.01 Å². The Kier molecular flexibility index (Phi) is 5.27. The van der Waals surface area contributed by atoms with Gasteiger partial charge in [-0.1, -0.05) is 23.8 Å². The van der Waals surface area contributed by atoms with Gasteiger partial charge < -0.3 is 9.64 Å². The second-order valence-corrected chi connectivity index (χ2v) is 6.00. The Bertz CT molecular complexity index is 680. The van der Waals surface area contributed by atoms with E-state index in [9.17, 15) is 9.59 Å². The Balaban J connectivity index is 1.95. The lowest BCUT2D eigenvalue weighted by Gasteiger charge is -2.09. The number of aromatic nitrogens is 1. The molecule has 0 bridgehead atoms. The number of aryl methyl sites for hydroxylation is 1. The first-order valence-electron chi connectivity index (χ1n) is 6.83. The maximum absolute atomic E-state index is 11.7. The summed E-state index contributed by atoms with van der Waals surface area (Å²) < 4.78 is 4.94. The first-order chi connectivity index (χ1) is 10.5. The topological polar surface area (TPSA) is 59.5 Å². The highest BCUT2D eigenvalue weighted by atomic mass is 32.1. The van der Waals surface area contributed by atoms with Crippen LogP contribution in [0.5, 0.6) is 0 Å². The number of nitrogens with zero attached hydrogens (tertiary/aromatic N) is 2. The number of benzene rings is 1. The van der Waals surface area contributed by atoms with Crippen molar-refractivity contribution in [3.8, 4) is 10.6 Å². The molecule has 2 aromatic rings. The number of thiazole rings is 1. The van der Waals surface area contributed by atoms with Crippen LogP contribution in [0.3, 0.4) is 0 Å². The summed E-state index contributed by atoms with van der Waals surface area (Å²) in [5.74, 6) is -0.691. The zero-order valence-corrected chi connectivity index (χ0v) is 13.6. The smallest absolute Gasteiger partial charge is 0.312 e. The third-order valence-electron chi connectivity index (χ3n) is 3.00. The van der Waals surface area contributed by atoms with Crippen LogP contribution in [0.15, 0.2) is 29.6 Å². The molecule has 6 heteroatoms. The molecule has 1 aromatic carbocycles. The molecule has 0 aliphatic carbocycles. The fraction of sp³-hybridized carbons (Fsp3) is 0.312. The Hall–Kier alpha value is -2.21. The summed E-state index contributed by atoms with van der Waals surface area (Å²) in [6.45, 7) is 1.79. The number of hydrogen-bond donors (Lipinski definition) is 0. The highest BCUT2D eigenvalue weighted by molar-refractivity contribution is 7.13. The third-order valence-corrected chi connectivity index (χ3v) is 3.94. The average molecular weight is 318 g/mol. The number of amides is 1. The fourth-order valence-electron chi connectivity index (χ4n) is 1.77. The normalized spacial score (nSPS) is 10.3. The van der Waals surface area contributed by atoms with Crippen LogP contribution in [-0.2, 0) is 20.7 Å². The predicted octanol–water partition coefficient (Wildman–Crippen LogP) is 2.29. The van der Waals surface area contributed by atoms with Gasteiger partial charge in [-0.15, -0.1) is 11.3 Å². The van der Waals surface area contributed by atoms with Gasteiger partial charge >= 0.3 is 5.97 Å². The molecular formula is C16H18N2O3S. The highest BCUT2D eigenvalue weighted by Gasteiger charge is 2.12. The van der Waals surface area contributed by atoms with E-state index in [1.54, 1.807) is 14.1 Å². The number of ether oxygens (including phenoxy) is 1. The van der Waals surface area contributed by atoms with Gasteiger partial charge in [-0.3, -0.25) is 9.59 Å². The monoisotopic (exact) mass is 318 g/mol. The number of carbonyl (C=O) groups is 2. The standard InChI is InChI=1S/C16H18N2O3S/c1-11-5-4-6-12(7-11)16-17-13(10-22-16)8-15(20)21-9-14(19)18(2)3/h4-7,10H,8-9H2,1-3H3. The molecule has 5 nitrogen and oxygen atoms in total. The zero-order valence-electron chi connectivity index (χ0n) is 12.8. The van der Waals surface area contributed by atoms with Crippen molar-refractivity contribution in [3.63, 3.8) is 0 Å². The minimum atomic E-state index is -0.448. The molecule has 22 heavy (non-hydrogen) atoms. The van der Waals surface area contributed by atoms with Gasteiger partial charge in [-0.05, 0) is 13.0 Å². The number of esters is 1. The van der Waals surface area contributed by atoms with Crippen LogP contribution in [0.1, 0.15) is 11.3 Å². The zero-order chi connectivity index (χ0) is 16.1. The Morgan fingerprint density at radius 3 is 2.77 bits per heavy atom. The maximum Gasteiger partial charge on any atom is 0.312 e. The van der Waals surface area contributed by atoms with E-state index in [0.29, 0.717) is 5.69 Å². The van der Waals surface area contributed by atoms with Crippen molar-refractivity contribution < 1.29 is 14.3 Å². The Morgan fingerprint density at radius 2 is 2.09 bits per heavy atom. The van der Waals surface area contributed by atoms with E-state index in [1.165, 1.54) is 16.2 Å². The summed E-state index contributed by atoms with van der Waals surface area (Å²) in [6, 6.07) is 8.05. The van der Waals surface area contributed by atoms with Crippen molar-refractivity contribution in [2.24, 2.45) is 0 Å². The molecule has 0 unspecified atom stereocenters. The van der Waals surface area contributed by atoms with E-state index < -0.39 is 5.97 Å². The second kappa shape index (κ2) is 7.17. The van der Waals surface area contributed by atoms with Crippen LogP contribution in [0.2, 0.25) is 0 Å². The molecule has 1 aromatic heterocycles. The van der Waals surface area contributed by atoms with Crippen LogP contribution >= 0.6 is 11.3 Å². The second-order valence-electron chi connectivity index (χ2n) is 5.14. The van der Waals surface area contributed by atoms with E-state index in [-0.39, 0.29) is 18.9 Å². The van der Waals surface area contributed by atoms with Crippen molar-refractivity contribution in [1.29, 1.82) is 0 Å². The molecule has 0 saturated carbocycles. The average Bonchev–Trinajstić information content (AvgIpc) is 2.93. The molecule has 0 aliphatic heterocycles. The van der Waals surface area contributed by atoms with Crippen molar-refractivity contribution in [2.45, 2.75) is 13.3 Å². The molecule has 0 N–H and O–H groups in total. The van der Waals surface area contributed by atoms with E-state index in [0.717, 1.165) is 16.1 Å². The maximum atomic E-state index is 11.7. The number of hydrogen-bond acceptors (Lipinski definition) is 5. The SMILES string of the molecule is Cc1cccc(-c2nc(CC(=O)OCC(=O)N(C)C)cs2)c1. The van der Waals surface area contributed by atoms with Gasteiger partial charge in [-0.2, -0.15) is 0 Å². The molecule has 0 radical (unpaired) electrons. The van der Waals surface area contributed by atoms with Gasteiger partial charge in [0.2, 0.25) is 0 Å². The third kappa shape index (κ3) is 4.39. The molecule has 116 valence electrons. The van der Waals surface area contributed by atoms with Crippen LogP contribution in [-0.4, -0.2) is 42.5 Å². The van der Waals surface area contributed by atoms with Crippen LogP contribution in [0, 0.1) is 6.92 Å². The lowest BCUT2D eigenvalue weighted by atomic mass is 10.1. The molecule has 0 fully saturated rings. The molecule has 0 spiro atoms. The van der Waals surface area contributed by atoms with E-state index in [2.05, 4.69) is 11.1 Å². The van der Waals surface area contributed by atoms with E-state index in [4.69, 9.17) is 4.74 Å². The lowest BCUT2D eigenvalue weighted by molar-refractivity contribution is -0.150. The van der Waals surface area contributed by atoms with Crippen molar-refractivity contribution in [1.82, 2.24) is 9.88 Å². The summed E-state index contributed by atoms with van der Waals surface area (Å²) in [4.78, 5) is 28.9. The van der Waals surface area contributed by atoms with E-state index in [1.807, 2.05) is 30.5 Å². The van der Waals surface area contributed by atoms with Gasteiger partial charge in [-0.25, -0.2) is 4.98 Å². The van der Waals surface area contributed by atoms with Crippen LogP contribution in [0.25, 0.3) is 10.6 Å². The van der Waals surface area contributed by atoms with Crippen molar-refractivity contribution >= 4 is 23.2 Å². The molecule has 0 saturated heterocycles. The number of likely N-dealkylation sites (N-methyl/N-ethyl adjacent to an activating group) is 1. The highest BCUT2D eigenvalue weighted by Crippen LogP contribution is 2.24.